The second kappa shape index (κ2) is 6.89. The SMILES string of the molecule is Cc1nn(C)c2c1N(C(=O)Cc1ccccc1OC(C)C)CCS2. The molecule has 3 rings (SSSR count). The number of nitrogens with zero attached hydrogens (tertiary/aromatic N) is 3. The minimum absolute atomic E-state index is 0.0832. The summed E-state index contributed by atoms with van der Waals surface area (Å²) in [4.78, 5) is 14.8. The number of fused-ring (bicyclic) bond motifs is 1. The van der Waals surface area contributed by atoms with Crippen molar-refractivity contribution in [2.24, 2.45) is 7.05 Å². The molecular formula is C18H23N3O2S. The highest BCUT2D eigenvalue weighted by atomic mass is 32.2. The van der Waals surface area contributed by atoms with Crippen molar-refractivity contribution in [2.45, 2.75) is 38.3 Å². The highest BCUT2D eigenvalue weighted by Crippen LogP contribution is 2.37. The fourth-order valence-electron chi connectivity index (χ4n) is 2.97. The van der Waals surface area contributed by atoms with Crippen LogP contribution in [0, 0.1) is 6.92 Å². The van der Waals surface area contributed by atoms with E-state index in [0.717, 1.165) is 40.0 Å². The van der Waals surface area contributed by atoms with Crippen molar-refractivity contribution in [3.8, 4) is 5.75 Å². The molecule has 0 saturated carbocycles. The average molecular weight is 345 g/mol. The molecule has 24 heavy (non-hydrogen) atoms. The molecule has 1 amide bonds. The van der Waals surface area contributed by atoms with Crippen molar-refractivity contribution in [2.75, 3.05) is 17.2 Å². The van der Waals surface area contributed by atoms with Crippen molar-refractivity contribution in [3.63, 3.8) is 0 Å². The van der Waals surface area contributed by atoms with Gasteiger partial charge in [0.05, 0.1) is 23.9 Å². The smallest absolute Gasteiger partial charge is 0.231 e. The van der Waals surface area contributed by atoms with Crippen LogP contribution in [0.4, 0.5) is 5.69 Å². The fourth-order valence-corrected chi connectivity index (χ4v) is 4.06. The van der Waals surface area contributed by atoms with E-state index >= 15 is 0 Å². The maximum Gasteiger partial charge on any atom is 0.231 e. The van der Waals surface area contributed by atoms with Crippen LogP contribution in [0.3, 0.4) is 0 Å². The first-order valence-corrected chi connectivity index (χ1v) is 9.17. The average Bonchev–Trinajstić information content (AvgIpc) is 2.83. The number of thioether (sulfide) groups is 1. The van der Waals surface area contributed by atoms with Crippen LogP contribution < -0.4 is 9.64 Å². The molecule has 0 spiro atoms. The first kappa shape index (κ1) is 16.9. The Morgan fingerprint density at radius 3 is 2.88 bits per heavy atom. The van der Waals surface area contributed by atoms with Gasteiger partial charge < -0.3 is 9.64 Å². The maximum atomic E-state index is 13.0. The molecule has 0 fully saturated rings. The molecule has 0 radical (unpaired) electrons. The summed E-state index contributed by atoms with van der Waals surface area (Å²) in [6, 6.07) is 7.77. The van der Waals surface area contributed by atoms with Crippen LogP contribution in [0.2, 0.25) is 0 Å². The number of benzene rings is 1. The number of hydrogen-bond acceptors (Lipinski definition) is 4. The van der Waals surface area contributed by atoms with Gasteiger partial charge in [-0.15, -0.1) is 11.8 Å². The van der Waals surface area contributed by atoms with Crippen LogP contribution in [-0.2, 0) is 18.3 Å². The van der Waals surface area contributed by atoms with Gasteiger partial charge in [0.15, 0.2) is 0 Å². The Balaban J connectivity index is 1.85. The standard InChI is InChI=1S/C18H23N3O2S/c1-12(2)23-15-8-6-5-7-14(15)11-16(22)21-9-10-24-18-17(21)13(3)19-20(18)4/h5-8,12H,9-11H2,1-4H3. The quantitative estimate of drug-likeness (QED) is 0.854. The monoisotopic (exact) mass is 345 g/mol. The van der Waals surface area contributed by atoms with Gasteiger partial charge in [0.1, 0.15) is 10.8 Å². The van der Waals surface area contributed by atoms with Crippen molar-refractivity contribution < 1.29 is 9.53 Å². The van der Waals surface area contributed by atoms with Gasteiger partial charge in [0, 0.05) is 24.9 Å². The van der Waals surface area contributed by atoms with Gasteiger partial charge in [-0.05, 0) is 26.8 Å². The molecule has 1 aliphatic heterocycles. The van der Waals surface area contributed by atoms with Crippen molar-refractivity contribution in [1.29, 1.82) is 0 Å². The lowest BCUT2D eigenvalue weighted by Gasteiger charge is -2.27. The summed E-state index contributed by atoms with van der Waals surface area (Å²) in [5.74, 6) is 1.77. The number of carbonyl (C=O) groups excluding carboxylic acids is 1. The number of hydrogen-bond donors (Lipinski definition) is 0. The Morgan fingerprint density at radius 1 is 1.38 bits per heavy atom. The van der Waals surface area contributed by atoms with Crippen molar-refractivity contribution in [1.82, 2.24) is 9.78 Å². The largest absolute Gasteiger partial charge is 0.491 e. The molecule has 2 aromatic rings. The molecule has 5 nitrogen and oxygen atoms in total. The lowest BCUT2D eigenvalue weighted by molar-refractivity contribution is -0.118. The third-order valence-corrected chi connectivity index (χ3v) is 5.06. The number of aryl methyl sites for hydroxylation is 2. The Morgan fingerprint density at radius 2 is 2.12 bits per heavy atom. The summed E-state index contributed by atoms with van der Waals surface area (Å²) < 4.78 is 7.71. The van der Waals surface area contributed by atoms with Crippen LogP contribution in [0.15, 0.2) is 29.3 Å². The van der Waals surface area contributed by atoms with Gasteiger partial charge in [-0.3, -0.25) is 9.48 Å². The molecule has 0 unspecified atom stereocenters. The van der Waals surface area contributed by atoms with E-state index in [1.54, 1.807) is 11.8 Å². The van der Waals surface area contributed by atoms with Gasteiger partial charge >= 0.3 is 0 Å². The van der Waals surface area contributed by atoms with Crippen LogP contribution in [-0.4, -0.2) is 34.1 Å². The minimum atomic E-state index is 0.0832. The van der Waals surface area contributed by atoms with Crippen LogP contribution in [0.1, 0.15) is 25.1 Å². The second-order valence-corrected chi connectivity index (χ2v) is 7.29. The molecule has 1 aromatic heterocycles. The third-order valence-electron chi connectivity index (χ3n) is 3.94. The molecule has 2 heterocycles. The predicted octanol–water partition coefficient (Wildman–Crippen LogP) is 3.20. The molecular weight excluding hydrogens is 322 g/mol. The highest BCUT2D eigenvalue weighted by molar-refractivity contribution is 7.99. The summed E-state index contributed by atoms with van der Waals surface area (Å²) in [5.41, 5.74) is 2.79. The molecule has 0 saturated heterocycles. The van der Waals surface area contributed by atoms with Gasteiger partial charge in [-0.25, -0.2) is 0 Å². The molecule has 0 aliphatic carbocycles. The first-order chi connectivity index (χ1) is 11.5. The number of rotatable bonds is 4. The minimum Gasteiger partial charge on any atom is -0.491 e. The Bertz CT molecular complexity index is 755. The number of carbonyl (C=O) groups is 1. The van der Waals surface area contributed by atoms with Gasteiger partial charge in [0.25, 0.3) is 0 Å². The van der Waals surface area contributed by atoms with E-state index in [4.69, 9.17) is 4.74 Å². The van der Waals surface area contributed by atoms with Crippen molar-refractivity contribution in [3.05, 3.63) is 35.5 Å². The zero-order valence-electron chi connectivity index (χ0n) is 14.6. The molecule has 0 atom stereocenters. The van der Waals surface area contributed by atoms with E-state index in [-0.39, 0.29) is 12.0 Å². The number of amides is 1. The number of para-hydroxylation sites is 1. The Hall–Kier alpha value is -1.95. The lowest BCUT2D eigenvalue weighted by Crippen LogP contribution is -2.37. The number of ether oxygens (including phenoxy) is 1. The zero-order chi connectivity index (χ0) is 17.3. The lowest BCUT2D eigenvalue weighted by atomic mass is 10.1. The van der Waals surface area contributed by atoms with Gasteiger partial charge in [-0.2, -0.15) is 5.10 Å². The van der Waals surface area contributed by atoms with E-state index < -0.39 is 0 Å². The predicted molar refractivity (Wildman–Crippen MR) is 96.9 cm³/mol. The summed E-state index contributed by atoms with van der Waals surface area (Å²) in [6.45, 7) is 6.66. The molecule has 1 aromatic carbocycles. The topological polar surface area (TPSA) is 47.4 Å². The zero-order valence-corrected chi connectivity index (χ0v) is 15.4. The summed E-state index contributed by atoms with van der Waals surface area (Å²) in [6.07, 6.45) is 0.418. The molecule has 0 N–H and O–H groups in total. The third kappa shape index (κ3) is 3.29. The van der Waals surface area contributed by atoms with E-state index in [0.29, 0.717) is 6.42 Å². The molecule has 0 bridgehead atoms. The van der Waals surface area contributed by atoms with Gasteiger partial charge in [-0.1, -0.05) is 18.2 Å². The summed E-state index contributed by atoms with van der Waals surface area (Å²) >= 11 is 1.76. The molecule has 1 aliphatic rings. The highest BCUT2D eigenvalue weighted by Gasteiger charge is 2.28. The Kier molecular flexibility index (Phi) is 4.85. The van der Waals surface area contributed by atoms with Crippen molar-refractivity contribution >= 4 is 23.4 Å². The van der Waals surface area contributed by atoms with Gasteiger partial charge in [0.2, 0.25) is 5.91 Å². The first-order valence-electron chi connectivity index (χ1n) is 8.18. The van der Waals surface area contributed by atoms with E-state index in [2.05, 4.69) is 5.10 Å². The fraction of sp³-hybridized carbons (Fsp3) is 0.444. The van der Waals surface area contributed by atoms with Crippen LogP contribution >= 0.6 is 11.8 Å². The number of anilines is 1. The van der Waals surface area contributed by atoms with E-state index in [1.165, 1.54) is 0 Å². The molecule has 128 valence electrons. The Labute approximate surface area is 147 Å². The van der Waals surface area contributed by atoms with Crippen LogP contribution in [0.5, 0.6) is 5.75 Å². The second-order valence-electron chi connectivity index (χ2n) is 6.21. The number of aromatic nitrogens is 2. The van der Waals surface area contributed by atoms with Crippen LogP contribution in [0.25, 0.3) is 0 Å². The van der Waals surface area contributed by atoms with E-state index in [1.807, 2.05) is 61.7 Å². The molecule has 6 heteroatoms. The maximum absolute atomic E-state index is 13.0. The summed E-state index contributed by atoms with van der Waals surface area (Å²) in [7, 11) is 1.93. The summed E-state index contributed by atoms with van der Waals surface area (Å²) in [5, 5.41) is 5.53. The normalized spacial score (nSPS) is 14.0. The van der Waals surface area contributed by atoms with E-state index in [9.17, 15) is 4.79 Å².